The van der Waals surface area contributed by atoms with Gasteiger partial charge in [0.25, 0.3) is 5.56 Å². The van der Waals surface area contributed by atoms with Crippen molar-refractivity contribution in [2.75, 3.05) is 7.11 Å². The molecule has 3 rings (SSSR count). The molecule has 0 aliphatic rings. The molecule has 0 N–H and O–H groups in total. The van der Waals surface area contributed by atoms with E-state index < -0.39 is 12.1 Å². The quantitative estimate of drug-likeness (QED) is 0.276. The first-order chi connectivity index (χ1) is 15.2. The van der Waals surface area contributed by atoms with Crippen LogP contribution in [-0.4, -0.2) is 35.1 Å². The molecule has 0 saturated carbocycles. The Hall–Kier alpha value is -2.23. The molecule has 0 fully saturated rings. The van der Waals surface area contributed by atoms with Gasteiger partial charge in [-0.15, -0.1) is 0 Å². The lowest BCUT2D eigenvalue weighted by molar-refractivity contribution is -0.147. The second-order valence-electron chi connectivity index (χ2n) is 6.89. The summed E-state index contributed by atoms with van der Waals surface area (Å²) >= 11 is 13.0. The van der Waals surface area contributed by atoms with Crippen LogP contribution in [0.4, 0.5) is 0 Å². The van der Waals surface area contributed by atoms with E-state index in [0.29, 0.717) is 44.0 Å². The Morgan fingerprint density at radius 3 is 2.75 bits per heavy atom. The Bertz CT molecular complexity index is 1260. The van der Waals surface area contributed by atoms with Crippen molar-refractivity contribution in [1.29, 1.82) is 0 Å². The number of rotatable bonds is 7. The molecule has 1 atom stereocenters. The van der Waals surface area contributed by atoms with E-state index in [-0.39, 0.29) is 5.56 Å². The largest absolute Gasteiger partial charge is 0.477 e. The smallest absolute Gasteiger partial charge is 0.346 e. The first-order valence-corrected chi connectivity index (χ1v) is 11.7. The van der Waals surface area contributed by atoms with Gasteiger partial charge < -0.3 is 9.47 Å². The number of hydrogen-bond donors (Lipinski definition) is 0. The molecule has 3 aromatic rings. The second kappa shape index (κ2) is 10.6. The molecule has 2 aromatic carbocycles. The van der Waals surface area contributed by atoms with Gasteiger partial charge in [0.15, 0.2) is 6.10 Å². The third-order valence-corrected chi connectivity index (χ3v) is 5.83. The molecule has 0 amide bonds. The van der Waals surface area contributed by atoms with Crippen molar-refractivity contribution in [3.05, 3.63) is 66.0 Å². The van der Waals surface area contributed by atoms with Crippen LogP contribution < -0.4 is 10.3 Å². The fourth-order valence-corrected chi connectivity index (χ4v) is 4.30. The van der Waals surface area contributed by atoms with Gasteiger partial charge in [0.05, 0.1) is 28.7 Å². The normalized spacial score (nSPS) is 12.3. The molecule has 10 heteroatoms. The Labute approximate surface area is 206 Å². The number of nitrogens with zero attached hydrogens (tertiary/aromatic N) is 3. The van der Waals surface area contributed by atoms with Gasteiger partial charge >= 0.3 is 5.97 Å². The van der Waals surface area contributed by atoms with Gasteiger partial charge in [0.1, 0.15) is 11.6 Å². The zero-order valence-electron chi connectivity index (χ0n) is 17.6. The summed E-state index contributed by atoms with van der Waals surface area (Å²) in [6.07, 6.45) is 1.96. The van der Waals surface area contributed by atoms with Crippen molar-refractivity contribution in [2.45, 2.75) is 32.8 Å². The summed E-state index contributed by atoms with van der Waals surface area (Å²) in [6.45, 7) is 3.57. The van der Waals surface area contributed by atoms with E-state index in [1.165, 1.54) is 18.0 Å². The van der Waals surface area contributed by atoms with Gasteiger partial charge in [0, 0.05) is 21.5 Å². The fraction of sp³-hybridized carbons (Fsp3) is 0.273. The molecule has 0 aliphatic carbocycles. The van der Waals surface area contributed by atoms with Crippen molar-refractivity contribution in [1.82, 2.24) is 9.66 Å². The Morgan fingerprint density at radius 1 is 1.31 bits per heavy atom. The van der Waals surface area contributed by atoms with Crippen LogP contribution in [0.5, 0.6) is 5.75 Å². The Kier molecular flexibility index (Phi) is 8.08. The Morgan fingerprint density at radius 2 is 2.06 bits per heavy atom. The lowest BCUT2D eigenvalue weighted by Gasteiger charge is -2.16. The molecule has 0 aliphatic heterocycles. The Balaban J connectivity index is 2.13. The summed E-state index contributed by atoms with van der Waals surface area (Å²) in [6, 6.07) is 8.62. The van der Waals surface area contributed by atoms with Gasteiger partial charge in [0.2, 0.25) is 0 Å². The number of aromatic nitrogens is 2. The van der Waals surface area contributed by atoms with Crippen LogP contribution >= 0.6 is 43.5 Å². The second-order valence-corrected chi connectivity index (χ2v) is 9.10. The van der Waals surface area contributed by atoms with Crippen molar-refractivity contribution < 1.29 is 14.3 Å². The highest BCUT2D eigenvalue weighted by molar-refractivity contribution is 9.10. The van der Waals surface area contributed by atoms with E-state index in [4.69, 9.17) is 21.1 Å². The van der Waals surface area contributed by atoms with E-state index in [1.54, 1.807) is 31.2 Å². The summed E-state index contributed by atoms with van der Waals surface area (Å²) in [5.74, 6) is 0.355. The van der Waals surface area contributed by atoms with E-state index >= 15 is 0 Å². The number of aryl methyl sites for hydroxylation is 1. The van der Waals surface area contributed by atoms with Crippen molar-refractivity contribution >= 4 is 66.5 Å². The highest BCUT2D eigenvalue weighted by Crippen LogP contribution is 2.33. The SMILES string of the molecule is CCCc1nc2ccc(Br)cc2c(=O)n1N=Cc1cc(Cl)cc(Br)c1O[C@H](C)C(=O)OC. The van der Waals surface area contributed by atoms with Crippen molar-refractivity contribution in [3.8, 4) is 5.75 Å². The van der Waals surface area contributed by atoms with Gasteiger partial charge in [-0.1, -0.05) is 34.5 Å². The van der Waals surface area contributed by atoms with Gasteiger partial charge in [-0.2, -0.15) is 9.78 Å². The van der Waals surface area contributed by atoms with Gasteiger partial charge in [-0.25, -0.2) is 9.78 Å². The third kappa shape index (κ3) is 5.39. The minimum Gasteiger partial charge on any atom is -0.477 e. The van der Waals surface area contributed by atoms with E-state index in [9.17, 15) is 9.59 Å². The van der Waals surface area contributed by atoms with Crippen molar-refractivity contribution in [2.24, 2.45) is 5.10 Å². The van der Waals surface area contributed by atoms with Gasteiger partial charge in [-0.3, -0.25) is 4.79 Å². The lowest BCUT2D eigenvalue weighted by Crippen LogP contribution is -2.25. The molecular weight excluding hydrogens is 566 g/mol. The van der Waals surface area contributed by atoms with E-state index in [1.807, 2.05) is 13.0 Å². The highest BCUT2D eigenvalue weighted by Gasteiger charge is 2.19. The zero-order chi connectivity index (χ0) is 23.4. The topological polar surface area (TPSA) is 82.8 Å². The average Bonchev–Trinajstić information content (AvgIpc) is 2.75. The molecule has 1 heterocycles. The molecule has 0 spiro atoms. The molecule has 0 unspecified atom stereocenters. The van der Waals surface area contributed by atoms with Crippen LogP contribution in [0.25, 0.3) is 10.9 Å². The molecule has 32 heavy (non-hydrogen) atoms. The predicted octanol–water partition coefficient (Wildman–Crippen LogP) is 5.35. The highest BCUT2D eigenvalue weighted by atomic mass is 79.9. The van der Waals surface area contributed by atoms with E-state index in [0.717, 1.165) is 10.9 Å². The number of methoxy groups -OCH3 is 1. The lowest BCUT2D eigenvalue weighted by atomic mass is 10.2. The standard InChI is InChI=1S/C22H20Br2ClN3O4/c1-4-5-19-27-18-7-6-14(23)9-16(18)21(29)28(19)26-11-13-8-15(25)10-17(24)20(13)32-12(2)22(30)31-3/h6-12H,4-5H2,1-3H3/t12-/m1/s1. The number of carbonyl (C=O) groups is 1. The number of benzene rings is 2. The monoisotopic (exact) mass is 583 g/mol. The fourth-order valence-electron chi connectivity index (χ4n) is 3.01. The molecule has 0 radical (unpaired) electrons. The van der Waals surface area contributed by atoms with Crippen LogP contribution in [0.1, 0.15) is 31.7 Å². The molecular formula is C22H20Br2ClN3O4. The van der Waals surface area contributed by atoms with Crippen LogP contribution in [0, 0.1) is 0 Å². The number of hydrogen-bond acceptors (Lipinski definition) is 6. The molecule has 0 bridgehead atoms. The van der Waals surface area contributed by atoms with Crippen LogP contribution in [0.3, 0.4) is 0 Å². The van der Waals surface area contributed by atoms with Crippen LogP contribution in [0.15, 0.2) is 49.2 Å². The zero-order valence-corrected chi connectivity index (χ0v) is 21.5. The minimum atomic E-state index is -0.859. The predicted molar refractivity (Wildman–Crippen MR) is 132 cm³/mol. The number of esters is 1. The molecule has 1 aromatic heterocycles. The van der Waals surface area contributed by atoms with Crippen LogP contribution in [-0.2, 0) is 16.0 Å². The molecule has 168 valence electrons. The number of carbonyl (C=O) groups excluding carboxylic acids is 1. The van der Waals surface area contributed by atoms with Crippen LogP contribution in [0.2, 0.25) is 5.02 Å². The first kappa shape index (κ1) is 24.4. The maximum atomic E-state index is 13.2. The number of fused-ring (bicyclic) bond motifs is 1. The maximum Gasteiger partial charge on any atom is 0.346 e. The average molecular weight is 586 g/mol. The maximum absolute atomic E-state index is 13.2. The summed E-state index contributed by atoms with van der Waals surface area (Å²) in [5, 5.41) is 5.29. The third-order valence-electron chi connectivity index (χ3n) is 4.53. The van der Waals surface area contributed by atoms with E-state index in [2.05, 4.69) is 41.9 Å². The number of halogens is 3. The molecule has 7 nitrogen and oxygen atoms in total. The summed E-state index contributed by atoms with van der Waals surface area (Å²) in [7, 11) is 1.29. The molecule has 0 saturated heterocycles. The van der Waals surface area contributed by atoms with Gasteiger partial charge in [-0.05, 0) is 59.6 Å². The first-order valence-electron chi connectivity index (χ1n) is 9.74. The summed E-state index contributed by atoms with van der Waals surface area (Å²) in [5.41, 5.74) is 0.792. The van der Waals surface area contributed by atoms with Crippen molar-refractivity contribution in [3.63, 3.8) is 0 Å². The number of ether oxygens (including phenoxy) is 2. The minimum absolute atomic E-state index is 0.289. The summed E-state index contributed by atoms with van der Waals surface area (Å²) < 4.78 is 13.1. The summed E-state index contributed by atoms with van der Waals surface area (Å²) in [4.78, 5) is 29.6.